The zero-order chi connectivity index (χ0) is 13.6. The van der Waals surface area contributed by atoms with E-state index in [0.29, 0.717) is 11.8 Å². The molecule has 3 rings (SSSR count). The first kappa shape index (κ1) is 13.0. The Bertz CT molecular complexity index is 462. The van der Waals surface area contributed by atoms with E-state index in [-0.39, 0.29) is 5.54 Å². The van der Waals surface area contributed by atoms with E-state index >= 15 is 0 Å². The van der Waals surface area contributed by atoms with Crippen LogP contribution in [0.3, 0.4) is 0 Å². The molecule has 1 saturated heterocycles. The van der Waals surface area contributed by atoms with Gasteiger partial charge in [-0.3, -0.25) is 0 Å². The summed E-state index contributed by atoms with van der Waals surface area (Å²) in [6.45, 7) is 8.27. The number of anilines is 1. The third kappa shape index (κ3) is 2.38. The van der Waals surface area contributed by atoms with Gasteiger partial charge in [-0.15, -0.1) is 0 Å². The Morgan fingerprint density at radius 3 is 2.47 bits per heavy atom. The first-order valence-electron chi connectivity index (χ1n) is 7.44. The molecule has 0 bridgehead atoms. The second kappa shape index (κ2) is 4.51. The molecular weight excluding hydrogens is 238 g/mol. The lowest BCUT2D eigenvalue weighted by Crippen LogP contribution is -2.26. The highest BCUT2D eigenvalue weighted by molar-refractivity contribution is 5.43. The summed E-state index contributed by atoms with van der Waals surface area (Å²) in [4.78, 5) is 4.92. The molecule has 2 fully saturated rings. The third-order valence-electron chi connectivity index (χ3n) is 4.13. The van der Waals surface area contributed by atoms with Crippen molar-refractivity contribution in [1.29, 1.82) is 0 Å². The van der Waals surface area contributed by atoms with Gasteiger partial charge in [-0.05, 0) is 46.5 Å². The standard InChI is InChI=1S/C15H25N3O/c1-15(2,3)18-13(16)12(11-5-4-8-19-9-11)17-14(18)10-6-7-10/h10-11H,4-9,16H2,1-3H3. The number of nitrogen functional groups attached to an aromatic ring is 1. The summed E-state index contributed by atoms with van der Waals surface area (Å²) in [6.07, 6.45) is 4.78. The minimum atomic E-state index is 0.00276. The van der Waals surface area contributed by atoms with Crippen LogP contribution >= 0.6 is 0 Å². The monoisotopic (exact) mass is 263 g/mol. The van der Waals surface area contributed by atoms with E-state index in [9.17, 15) is 0 Å². The molecule has 106 valence electrons. The topological polar surface area (TPSA) is 53.1 Å². The third-order valence-corrected chi connectivity index (χ3v) is 4.13. The fourth-order valence-electron chi connectivity index (χ4n) is 3.05. The minimum Gasteiger partial charge on any atom is -0.384 e. The molecule has 1 unspecified atom stereocenters. The molecule has 1 saturated carbocycles. The molecule has 0 radical (unpaired) electrons. The predicted octanol–water partition coefficient (Wildman–Crippen LogP) is 2.99. The van der Waals surface area contributed by atoms with Crippen LogP contribution in [0.25, 0.3) is 0 Å². The molecule has 19 heavy (non-hydrogen) atoms. The van der Waals surface area contributed by atoms with Gasteiger partial charge in [0, 0.05) is 24.0 Å². The van der Waals surface area contributed by atoms with Gasteiger partial charge in [-0.25, -0.2) is 4.98 Å². The largest absolute Gasteiger partial charge is 0.384 e. The van der Waals surface area contributed by atoms with Crippen molar-refractivity contribution in [1.82, 2.24) is 9.55 Å². The van der Waals surface area contributed by atoms with E-state index < -0.39 is 0 Å². The summed E-state index contributed by atoms with van der Waals surface area (Å²) in [5, 5.41) is 0. The van der Waals surface area contributed by atoms with Crippen molar-refractivity contribution in [2.75, 3.05) is 18.9 Å². The number of hydrogen-bond acceptors (Lipinski definition) is 3. The van der Waals surface area contributed by atoms with Gasteiger partial charge in [-0.2, -0.15) is 0 Å². The molecule has 1 aliphatic heterocycles. The second-order valence-corrected chi connectivity index (χ2v) is 6.94. The second-order valence-electron chi connectivity index (χ2n) is 6.94. The number of aromatic nitrogens is 2. The van der Waals surface area contributed by atoms with E-state index in [1.165, 1.54) is 18.7 Å². The lowest BCUT2D eigenvalue weighted by molar-refractivity contribution is 0.0795. The van der Waals surface area contributed by atoms with Crippen LogP contribution in [-0.2, 0) is 10.3 Å². The Labute approximate surface area is 115 Å². The highest BCUT2D eigenvalue weighted by Crippen LogP contribution is 2.44. The highest BCUT2D eigenvalue weighted by atomic mass is 16.5. The molecular formula is C15H25N3O. The first-order chi connectivity index (χ1) is 8.98. The quantitative estimate of drug-likeness (QED) is 0.892. The Hall–Kier alpha value is -1.03. The molecule has 1 atom stereocenters. The average molecular weight is 263 g/mol. The molecule has 2 aliphatic rings. The smallest absolute Gasteiger partial charge is 0.127 e. The summed E-state index contributed by atoms with van der Waals surface area (Å²) in [5.74, 6) is 3.07. The van der Waals surface area contributed by atoms with Crippen LogP contribution in [0.5, 0.6) is 0 Å². The first-order valence-corrected chi connectivity index (χ1v) is 7.44. The maximum atomic E-state index is 6.43. The number of hydrogen-bond donors (Lipinski definition) is 1. The SMILES string of the molecule is CC(C)(C)n1c(C2CC2)nc(C2CCCOC2)c1N. The molecule has 0 amide bonds. The van der Waals surface area contributed by atoms with Crippen LogP contribution in [-0.4, -0.2) is 22.8 Å². The van der Waals surface area contributed by atoms with Crippen LogP contribution in [0.4, 0.5) is 5.82 Å². The van der Waals surface area contributed by atoms with Gasteiger partial charge in [0.2, 0.25) is 0 Å². The van der Waals surface area contributed by atoms with Crippen molar-refractivity contribution in [2.45, 2.75) is 63.8 Å². The summed E-state index contributed by atoms with van der Waals surface area (Å²) < 4.78 is 7.86. The van der Waals surface area contributed by atoms with Gasteiger partial charge in [0.25, 0.3) is 0 Å². The van der Waals surface area contributed by atoms with E-state index in [1.54, 1.807) is 0 Å². The van der Waals surface area contributed by atoms with Gasteiger partial charge in [0.05, 0.1) is 12.3 Å². The number of ether oxygens (including phenoxy) is 1. The van der Waals surface area contributed by atoms with E-state index in [1.807, 2.05) is 0 Å². The highest BCUT2D eigenvalue weighted by Gasteiger charge is 2.35. The molecule has 4 heteroatoms. The van der Waals surface area contributed by atoms with Crippen molar-refractivity contribution >= 4 is 5.82 Å². The zero-order valence-corrected chi connectivity index (χ0v) is 12.3. The van der Waals surface area contributed by atoms with Gasteiger partial charge >= 0.3 is 0 Å². The molecule has 2 N–H and O–H groups in total. The van der Waals surface area contributed by atoms with E-state index in [4.69, 9.17) is 15.5 Å². The molecule has 0 spiro atoms. The van der Waals surface area contributed by atoms with Crippen molar-refractivity contribution in [3.05, 3.63) is 11.5 Å². The van der Waals surface area contributed by atoms with Crippen LogP contribution in [0.15, 0.2) is 0 Å². The van der Waals surface area contributed by atoms with Gasteiger partial charge in [-0.1, -0.05) is 0 Å². The molecule has 0 aromatic carbocycles. The number of nitrogens with zero attached hydrogens (tertiary/aromatic N) is 2. The lowest BCUT2D eigenvalue weighted by atomic mass is 9.98. The van der Waals surface area contributed by atoms with Gasteiger partial charge < -0.3 is 15.0 Å². The fraction of sp³-hybridized carbons (Fsp3) is 0.800. The average Bonchev–Trinajstić information content (AvgIpc) is 3.13. The van der Waals surface area contributed by atoms with Crippen LogP contribution < -0.4 is 5.73 Å². The maximum absolute atomic E-state index is 6.43. The van der Waals surface area contributed by atoms with Crippen LogP contribution in [0.2, 0.25) is 0 Å². The number of rotatable bonds is 2. The van der Waals surface area contributed by atoms with E-state index in [2.05, 4.69) is 25.3 Å². The molecule has 1 aromatic rings. The Balaban J connectivity index is 2.01. The summed E-state index contributed by atoms with van der Waals surface area (Å²) >= 11 is 0. The van der Waals surface area contributed by atoms with Crippen molar-refractivity contribution < 1.29 is 4.74 Å². The predicted molar refractivity (Wildman–Crippen MR) is 76.4 cm³/mol. The lowest BCUT2D eigenvalue weighted by Gasteiger charge is -2.26. The molecule has 1 aromatic heterocycles. The Morgan fingerprint density at radius 1 is 1.21 bits per heavy atom. The van der Waals surface area contributed by atoms with Gasteiger partial charge in [0.1, 0.15) is 11.6 Å². The normalized spacial score (nSPS) is 24.7. The number of nitrogens with two attached hydrogens (primary N) is 1. The minimum absolute atomic E-state index is 0.00276. The summed E-state index contributed by atoms with van der Waals surface area (Å²) in [7, 11) is 0. The molecule has 1 aliphatic carbocycles. The van der Waals surface area contributed by atoms with Crippen molar-refractivity contribution in [3.8, 4) is 0 Å². The van der Waals surface area contributed by atoms with Gasteiger partial charge in [0.15, 0.2) is 0 Å². The number of imidazole rings is 1. The summed E-state index contributed by atoms with van der Waals surface area (Å²) in [6, 6.07) is 0. The van der Waals surface area contributed by atoms with Crippen LogP contribution in [0, 0.1) is 0 Å². The molecule has 4 nitrogen and oxygen atoms in total. The Kier molecular flexibility index (Phi) is 3.08. The Morgan fingerprint density at radius 2 is 1.95 bits per heavy atom. The summed E-state index contributed by atoms with van der Waals surface area (Å²) in [5.41, 5.74) is 7.51. The van der Waals surface area contributed by atoms with Crippen molar-refractivity contribution in [2.24, 2.45) is 0 Å². The fourth-order valence-corrected chi connectivity index (χ4v) is 3.05. The van der Waals surface area contributed by atoms with Crippen LogP contribution in [0.1, 0.15) is 69.8 Å². The maximum Gasteiger partial charge on any atom is 0.127 e. The van der Waals surface area contributed by atoms with Crippen molar-refractivity contribution in [3.63, 3.8) is 0 Å². The van der Waals surface area contributed by atoms with E-state index in [0.717, 1.165) is 37.6 Å². The zero-order valence-electron chi connectivity index (χ0n) is 12.3. The molecule has 2 heterocycles.